The maximum atomic E-state index is 6.21. The van der Waals surface area contributed by atoms with Gasteiger partial charge in [0.1, 0.15) is 0 Å². The maximum Gasteiger partial charge on any atom is 0.494 e. The van der Waals surface area contributed by atoms with Crippen molar-refractivity contribution < 1.29 is 9.31 Å². The minimum absolute atomic E-state index is 0.268. The lowest BCUT2D eigenvalue weighted by Crippen LogP contribution is -2.41. The van der Waals surface area contributed by atoms with E-state index >= 15 is 0 Å². The van der Waals surface area contributed by atoms with Gasteiger partial charge in [-0.15, -0.1) is 0 Å². The molecule has 0 aromatic heterocycles. The molecule has 126 valence electrons. The summed E-state index contributed by atoms with van der Waals surface area (Å²) in [5.74, 6) is 0.679. The molecule has 0 N–H and O–H groups in total. The molecule has 1 fully saturated rings. The van der Waals surface area contributed by atoms with E-state index in [1.165, 1.54) is 11.3 Å². The van der Waals surface area contributed by atoms with Crippen LogP contribution in [0.3, 0.4) is 0 Å². The second kappa shape index (κ2) is 5.53. The van der Waals surface area contributed by atoms with E-state index in [0.29, 0.717) is 12.0 Å². The highest BCUT2D eigenvalue weighted by Crippen LogP contribution is 2.37. The summed E-state index contributed by atoms with van der Waals surface area (Å²) < 4.78 is 12.4. The Morgan fingerprint density at radius 3 is 2.30 bits per heavy atom. The van der Waals surface area contributed by atoms with Gasteiger partial charge in [-0.2, -0.15) is 0 Å². The molecule has 3 nitrogen and oxygen atoms in total. The molecule has 3 rings (SSSR count). The summed E-state index contributed by atoms with van der Waals surface area (Å²) >= 11 is 0. The van der Waals surface area contributed by atoms with Gasteiger partial charge in [-0.1, -0.05) is 19.1 Å². The third-order valence-electron chi connectivity index (χ3n) is 5.64. The smallest absolute Gasteiger partial charge is 0.399 e. The minimum Gasteiger partial charge on any atom is -0.399 e. The summed E-state index contributed by atoms with van der Waals surface area (Å²) in [6, 6.07) is 7.25. The van der Waals surface area contributed by atoms with Crippen molar-refractivity contribution in [3.05, 3.63) is 23.8 Å². The van der Waals surface area contributed by atoms with Gasteiger partial charge in [-0.25, -0.2) is 0 Å². The zero-order chi connectivity index (χ0) is 17.0. The highest BCUT2D eigenvalue weighted by Gasteiger charge is 2.51. The van der Waals surface area contributed by atoms with E-state index in [0.717, 1.165) is 18.4 Å². The Bertz CT molecular complexity index is 581. The number of hydrogen-bond acceptors (Lipinski definition) is 3. The summed E-state index contributed by atoms with van der Waals surface area (Å²) in [4.78, 5) is 2.51. The van der Waals surface area contributed by atoms with Crippen molar-refractivity contribution in [1.82, 2.24) is 0 Å². The average Bonchev–Trinajstić information content (AvgIpc) is 2.65. The van der Waals surface area contributed by atoms with Crippen molar-refractivity contribution in [1.29, 1.82) is 0 Å². The Hall–Kier alpha value is -0.995. The first-order chi connectivity index (χ1) is 10.6. The van der Waals surface area contributed by atoms with Gasteiger partial charge in [0.15, 0.2) is 0 Å². The van der Waals surface area contributed by atoms with E-state index in [2.05, 4.69) is 71.6 Å². The molecule has 0 bridgehead atoms. The zero-order valence-corrected chi connectivity index (χ0v) is 15.6. The summed E-state index contributed by atoms with van der Waals surface area (Å²) in [7, 11) is -0.268. The molecule has 1 aromatic carbocycles. The van der Waals surface area contributed by atoms with E-state index in [4.69, 9.17) is 9.31 Å². The van der Waals surface area contributed by atoms with Gasteiger partial charge in [-0.05, 0) is 71.0 Å². The van der Waals surface area contributed by atoms with Crippen LogP contribution < -0.4 is 10.4 Å². The molecule has 0 unspecified atom stereocenters. The molecule has 1 aromatic rings. The predicted octanol–water partition coefficient (Wildman–Crippen LogP) is 3.39. The lowest BCUT2D eigenvalue weighted by atomic mass is 9.76. The molecule has 23 heavy (non-hydrogen) atoms. The SMILES string of the molecule is CC(C)N1C[C@@H](C)Cc2cc(B3OC(C)(C)C(C)(C)O3)ccc21. The lowest BCUT2D eigenvalue weighted by Gasteiger charge is -2.38. The first kappa shape index (κ1) is 16.8. The average molecular weight is 315 g/mol. The molecule has 0 saturated carbocycles. The molecule has 2 aliphatic rings. The number of nitrogens with zero attached hydrogens (tertiary/aromatic N) is 1. The Kier molecular flexibility index (Phi) is 4.05. The minimum atomic E-state index is -0.287. The first-order valence-corrected chi connectivity index (χ1v) is 8.86. The Balaban J connectivity index is 1.92. The fourth-order valence-corrected chi connectivity index (χ4v) is 3.54. The molecule has 0 amide bonds. The predicted molar refractivity (Wildman–Crippen MR) is 97.5 cm³/mol. The Labute approximate surface area is 141 Å². The van der Waals surface area contributed by atoms with Crippen LogP contribution in [0.2, 0.25) is 0 Å². The first-order valence-electron chi connectivity index (χ1n) is 8.86. The fourth-order valence-electron chi connectivity index (χ4n) is 3.54. The zero-order valence-electron chi connectivity index (χ0n) is 15.6. The van der Waals surface area contributed by atoms with Crippen LogP contribution in [0, 0.1) is 5.92 Å². The van der Waals surface area contributed by atoms with Crippen molar-refractivity contribution in [3.8, 4) is 0 Å². The van der Waals surface area contributed by atoms with E-state index in [1.54, 1.807) is 0 Å². The highest BCUT2D eigenvalue weighted by atomic mass is 16.7. The normalized spacial score (nSPS) is 25.8. The summed E-state index contributed by atoms with van der Waals surface area (Å²) in [5.41, 5.74) is 3.36. The van der Waals surface area contributed by atoms with Crippen molar-refractivity contribution in [3.63, 3.8) is 0 Å². The number of rotatable bonds is 2. The summed E-state index contributed by atoms with van der Waals surface area (Å²) in [6.45, 7) is 16.4. The summed E-state index contributed by atoms with van der Waals surface area (Å²) in [6.07, 6.45) is 1.13. The van der Waals surface area contributed by atoms with Gasteiger partial charge in [0.05, 0.1) is 11.2 Å². The van der Waals surface area contributed by atoms with E-state index in [9.17, 15) is 0 Å². The highest BCUT2D eigenvalue weighted by molar-refractivity contribution is 6.62. The van der Waals surface area contributed by atoms with Crippen LogP contribution >= 0.6 is 0 Å². The van der Waals surface area contributed by atoms with Gasteiger partial charge in [-0.3, -0.25) is 0 Å². The van der Waals surface area contributed by atoms with Gasteiger partial charge in [0.25, 0.3) is 0 Å². The third-order valence-corrected chi connectivity index (χ3v) is 5.64. The largest absolute Gasteiger partial charge is 0.494 e. The van der Waals surface area contributed by atoms with Crippen LogP contribution in [-0.2, 0) is 15.7 Å². The molecular formula is C19H30BNO2. The van der Waals surface area contributed by atoms with E-state index in [-0.39, 0.29) is 18.3 Å². The van der Waals surface area contributed by atoms with Crippen LogP contribution in [0.25, 0.3) is 0 Å². The maximum absolute atomic E-state index is 6.21. The number of hydrogen-bond donors (Lipinski definition) is 0. The van der Waals surface area contributed by atoms with Crippen molar-refractivity contribution in [2.45, 2.75) is 72.1 Å². The quantitative estimate of drug-likeness (QED) is 0.781. The van der Waals surface area contributed by atoms with Gasteiger partial charge >= 0.3 is 7.12 Å². The third kappa shape index (κ3) is 2.92. The second-order valence-electron chi connectivity index (χ2n) is 8.53. The number of anilines is 1. The monoisotopic (exact) mass is 315 g/mol. The van der Waals surface area contributed by atoms with Crippen LogP contribution in [0.15, 0.2) is 18.2 Å². The Morgan fingerprint density at radius 1 is 1.13 bits per heavy atom. The van der Waals surface area contributed by atoms with Crippen LogP contribution in [0.5, 0.6) is 0 Å². The van der Waals surface area contributed by atoms with Crippen molar-refractivity contribution in [2.75, 3.05) is 11.4 Å². The van der Waals surface area contributed by atoms with Crippen LogP contribution in [0.1, 0.15) is 54.0 Å². The molecule has 1 saturated heterocycles. The summed E-state index contributed by atoms with van der Waals surface area (Å²) in [5, 5.41) is 0. The topological polar surface area (TPSA) is 21.7 Å². The lowest BCUT2D eigenvalue weighted by molar-refractivity contribution is 0.00578. The van der Waals surface area contributed by atoms with Crippen LogP contribution in [-0.4, -0.2) is 30.9 Å². The number of fused-ring (bicyclic) bond motifs is 1. The molecule has 1 atom stereocenters. The standard InChI is InChI=1S/C19H30BNO2/c1-13(2)21-12-14(3)10-15-11-16(8-9-17(15)21)20-22-18(4,5)19(6,7)23-20/h8-9,11,13-14H,10,12H2,1-7H3/t14-/m0/s1. The molecular weight excluding hydrogens is 285 g/mol. The fraction of sp³-hybridized carbons (Fsp3) is 0.684. The molecule has 2 aliphatic heterocycles. The second-order valence-corrected chi connectivity index (χ2v) is 8.53. The van der Waals surface area contributed by atoms with E-state index < -0.39 is 0 Å². The van der Waals surface area contributed by atoms with Crippen molar-refractivity contribution >= 4 is 18.3 Å². The molecule has 2 heterocycles. The molecule has 0 spiro atoms. The van der Waals surface area contributed by atoms with Gasteiger partial charge < -0.3 is 14.2 Å². The molecule has 0 radical (unpaired) electrons. The van der Waals surface area contributed by atoms with Crippen LogP contribution in [0.4, 0.5) is 5.69 Å². The molecule has 4 heteroatoms. The number of benzene rings is 1. The van der Waals surface area contributed by atoms with Crippen molar-refractivity contribution in [2.24, 2.45) is 5.92 Å². The Morgan fingerprint density at radius 2 is 1.74 bits per heavy atom. The molecule has 0 aliphatic carbocycles. The van der Waals surface area contributed by atoms with Gasteiger partial charge in [0.2, 0.25) is 0 Å². The van der Waals surface area contributed by atoms with Gasteiger partial charge in [0, 0.05) is 18.3 Å². The van der Waals surface area contributed by atoms with E-state index in [1.807, 2.05) is 0 Å².